The van der Waals surface area contributed by atoms with E-state index < -0.39 is 0 Å². The molecular formula is C15H19BrN2OS. The van der Waals surface area contributed by atoms with E-state index >= 15 is 0 Å². The number of amides is 1. The second-order valence-electron chi connectivity index (χ2n) is 4.87. The highest BCUT2D eigenvalue weighted by Gasteiger charge is 2.23. The Bertz CT molecular complexity index is 634. The molecule has 108 valence electrons. The van der Waals surface area contributed by atoms with E-state index in [1.807, 2.05) is 30.1 Å². The molecule has 20 heavy (non-hydrogen) atoms. The molecule has 2 N–H and O–H groups in total. The average Bonchev–Trinajstić information content (AvgIpc) is 2.75. The summed E-state index contributed by atoms with van der Waals surface area (Å²) in [5, 5.41) is 0.958. The lowest BCUT2D eigenvalue weighted by Crippen LogP contribution is -2.36. The van der Waals surface area contributed by atoms with Crippen molar-refractivity contribution in [1.82, 2.24) is 4.90 Å². The number of carbonyl (C=O) groups excluding carboxylic acids is 1. The van der Waals surface area contributed by atoms with Gasteiger partial charge in [0.15, 0.2) is 0 Å². The number of nitrogen functional groups attached to an aromatic ring is 1. The fourth-order valence-electron chi connectivity index (χ4n) is 2.41. The van der Waals surface area contributed by atoms with Crippen LogP contribution in [0.25, 0.3) is 10.1 Å². The average molecular weight is 355 g/mol. The molecule has 0 aliphatic heterocycles. The lowest BCUT2D eigenvalue weighted by molar-refractivity contribution is 0.0729. The number of benzene rings is 1. The summed E-state index contributed by atoms with van der Waals surface area (Å²) in [5.41, 5.74) is 6.76. The first-order valence-corrected chi connectivity index (χ1v) is 8.35. The fraction of sp³-hybridized carbons (Fsp3) is 0.400. The SMILES string of the molecule is CCC(CC)N(C)C(=O)c1sc2cc(Br)ccc2c1N. The van der Waals surface area contributed by atoms with Gasteiger partial charge in [0.2, 0.25) is 0 Å². The van der Waals surface area contributed by atoms with Crippen LogP contribution in [0, 0.1) is 0 Å². The second-order valence-corrected chi connectivity index (χ2v) is 6.84. The van der Waals surface area contributed by atoms with Crippen LogP contribution >= 0.6 is 27.3 Å². The summed E-state index contributed by atoms with van der Waals surface area (Å²) >= 11 is 4.91. The van der Waals surface area contributed by atoms with E-state index in [2.05, 4.69) is 29.8 Å². The van der Waals surface area contributed by atoms with Crippen molar-refractivity contribution >= 4 is 48.9 Å². The summed E-state index contributed by atoms with van der Waals surface area (Å²) in [6, 6.07) is 6.17. The predicted octanol–water partition coefficient (Wildman–Crippen LogP) is 4.51. The van der Waals surface area contributed by atoms with Crippen LogP contribution in [-0.2, 0) is 0 Å². The molecular weight excluding hydrogens is 336 g/mol. The fourth-order valence-corrected chi connectivity index (χ4v) is 4.07. The van der Waals surface area contributed by atoms with Crippen LogP contribution in [0.4, 0.5) is 5.69 Å². The van der Waals surface area contributed by atoms with Crippen LogP contribution in [0.15, 0.2) is 22.7 Å². The summed E-state index contributed by atoms with van der Waals surface area (Å²) in [7, 11) is 1.86. The summed E-state index contributed by atoms with van der Waals surface area (Å²) in [4.78, 5) is 15.1. The molecule has 0 unspecified atom stereocenters. The molecule has 2 aromatic rings. The molecule has 1 heterocycles. The Morgan fingerprint density at radius 1 is 1.40 bits per heavy atom. The second kappa shape index (κ2) is 6.14. The first-order valence-electron chi connectivity index (χ1n) is 6.74. The van der Waals surface area contributed by atoms with E-state index in [-0.39, 0.29) is 11.9 Å². The van der Waals surface area contributed by atoms with Crippen molar-refractivity contribution in [2.75, 3.05) is 12.8 Å². The predicted molar refractivity (Wildman–Crippen MR) is 90.4 cm³/mol. The number of fused-ring (bicyclic) bond motifs is 1. The van der Waals surface area contributed by atoms with E-state index in [1.54, 1.807) is 0 Å². The number of hydrogen-bond acceptors (Lipinski definition) is 3. The van der Waals surface area contributed by atoms with Crippen molar-refractivity contribution in [1.29, 1.82) is 0 Å². The number of rotatable bonds is 4. The minimum atomic E-state index is 0.0218. The summed E-state index contributed by atoms with van der Waals surface area (Å²) in [6.07, 6.45) is 1.91. The third kappa shape index (κ3) is 2.69. The smallest absolute Gasteiger partial charge is 0.266 e. The number of thiophene rings is 1. The molecule has 0 fully saturated rings. The molecule has 1 amide bonds. The first kappa shape index (κ1) is 15.3. The summed E-state index contributed by atoms with van der Waals surface area (Å²) in [5.74, 6) is 0.0218. The third-order valence-corrected chi connectivity index (χ3v) is 5.34. The number of nitrogens with two attached hydrogens (primary N) is 1. The number of halogens is 1. The molecule has 0 spiro atoms. The van der Waals surface area contributed by atoms with Gasteiger partial charge in [-0.2, -0.15) is 0 Å². The van der Waals surface area contributed by atoms with E-state index in [0.717, 1.165) is 27.4 Å². The molecule has 3 nitrogen and oxygen atoms in total. The maximum atomic E-state index is 12.6. The van der Waals surface area contributed by atoms with Crippen molar-refractivity contribution < 1.29 is 4.79 Å². The Balaban J connectivity index is 2.42. The largest absolute Gasteiger partial charge is 0.397 e. The number of anilines is 1. The molecule has 0 bridgehead atoms. The van der Waals surface area contributed by atoms with Gasteiger partial charge >= 0.3 is 0 Å². The lowest BCUT2D eigenvalue weighted by Gasteiger charge is -2.25. The summed E-state index contributed by atoms with van der Waals surface area (Å²) in [6.45, 7) is 4.20. The van der Waals surface area contributed by atoms with Gasteiger partial charge in [-0.05, 0) is 25.0 Å². The van der Waals surface area contributed by atoms with Crippen LogP contribution in [0.3, 0.4) is 0 Å². The quantitative estimate of drug-likeness (QED) is 0.877. The molecule has 0 radical (unpaired) electrons. The van der Waals surface area contributed by atoms with Crippen molar-refractivity contribution in [3.8, 4) is 0 Å². The minimum absolute atomic E-state index is 0.0218. The van der Waals surface area contributed by atoms with Gasteiger partial charge in [-0.25, -0.2) is 0 Å². The minimum Gasteiger partial charge on any atom is -0.397 e. The zero-order valence-corrected chi connectivity index (χ0v) is 14.3. The topological polar surface area (TPSA) is 46.3 Å². The van der Waals surface area contributed by atoms with Crippen LogP contribution in [0.5, 0.6) is 0 Å². The Labute approximate surface area is 131 Å². The monoisotopic (exact) mass is 354 g/mol. The van der Waals surface area contributed by atoms with Gasteiger partial charge in [0, 0.05) is 27.6 Å². The highest BCUT2D eigenvalue weighted by Crippen LogP contribution is 2.36. The molecule has 0 saturated carbocycles. The van der Waals surface area contributed by atoms with Crippen LogP contribution < -0.4 is 5.73 Å². The van der Waals surface area contributed by atoms with Crippen molar-refractivity contribution in [2.24, 2.45) is 0 Å². The maximum Gasteiger partial charge on any atom is 0.266 e. The van der Waals surface area contributed by atoms with Gasteiger partial charge in [-0.15, -0.1) is 11.3 Å². The molecule has 0 saturated heterocycles. The number of nitrogens with zero attached hydrogens (tertiary/aromatic N) is 1. The molecule has 2 rings (SSSR count). The van der Waals surface area contributed by atoms with Gasteiger partial charge < -0.3 is 10.6 Å². The Hall–Kier alpha value is -1.07. The van der Waals surface area contributed by atoms with Crippen LogP contribution in [0.1, 0.15) is 36.4 Å². The number of hydrogen-bond donors (Lipinski definition) is 1. The molecule has 1 aromatic carbocycles. The van der Waals surface area contributed by atoms with Gasteiger partial charge in [-0.1, -0.05) is 35.8 Å². The highest BCUT2D eigenvalue weighted by molar-refractivity contribution is 9.10. The Morgan fingerprint density at radius 3 is 2.65 bits per heavy atom. The van der Waals surface area contributed by atoms with Crippen molar-refractivity contribution in [3.05, 3.63) is 27.5 Å². The molecule has 5 heteroatoms. The van der Waals surface area contributed by atoms with E-state index in [9.17, 15) is 4.79 Å². The van der Waals surface area contributed by atoms with E-state index in [4.69, 9.17) is 5.73 Å². The standard InChI is InChI=1S/C15H19BrN2OS/c1-4-10(5-2)18(3)15(19)14-13(17)11-7-6-9(16)8-12(11)20-14/h6-8,10H,4-5,17H2,1-3H3. The maximum absolute atomic E-state index is 12.6. The van der Waals surface area contributed by atoms with Gasteiger partial charge in [0.1, 0.15) is 4.88 Å². The normalized spacial score (nSPS) is 11.2. The zero-order chi connectivity index (χ0) is 14.9. The van der Waals surface area contributed by atoms with Gasteiger partial charge in [-0.3, -0.25) is 4.79 Å². The van der Waals surface area contributed by atoms with Crippen molar-refractivity contribution in [3.63, 3.8) is 0 Å². The first-order chi connectivity index (χ1) is 9.49. The Kier molecular flexibility index (Phi) is 4.70. The van der Waals surface area contributed by atoms with Gasteiger partial charge in [0.05, 0.1) is 5.69 Å². The van der Waals surface area contributed by atoms with Gasteiger partial charge in [0.25, 0.3) is 5.91 Å². The molecule has 0 atom stereocenters. The number of carbonyl (C=O) groups is 1. The molecule has 1 aromatic heterocycles. The van der Waals surface area contributed by atoms with Crippen LogP contribution in [0.2, 0.25) is 0 Å². The zero-order valence-electron chi connectivity index (χ0n) is 11.9. The third-order valence-electron chi connectivity index (χ3n) is 3.70. The molecule has 0 aliphatic rings. The summed E-state index contributed by atoms with van der Waals surface area (Å²) < 4.78 is 2.04. The Morgan fingerprint density at radius 2 is 2.05 bits per heavy atom. The highest BCUT2D eigenvalue weighted by atomic mass is 79.9. The van der Waals surface area contributed by atoms with Crippen molar-refractivity contribution in [2.45, 2.75) is 32.7 Å². The molecule has 0 aliphatic carbocycles. The van der Waals surface area contributed by atoms with E-state index in [0.29, 0.717) is 10.6 Å². The van der Waals surface area contributed by atoms with Crippen LogP contribution in [-0.4, -0.2) is 23.9 Å². The van der Waals surface area contributed by atoms with E-state index in [1.165, 1.54) is 11.3 Å². The lowest BCUT2D eigenvalue weighted by atomic mass is 10.1.